The lowest BCUT2D eigenvalue weighted by Crippen LogP contribution is -2.35. The highest BCUT2D eigenvalue weighted by Gasteiger charge is 2.27. The van der Waals surface area contributed by atoms with Crippen molar-refractivity contribution in [1.29, 1.82) is 0 Å². The number of rotatable bonds is 8. The maximum Gasteiger partial charge on any atom is 0.0707 e. The molecule has 0 aromatic rings. The van der Waals surface area contributed by atoms with E-state index in [0.717, 1.165) is 25.6 Å². The molecule has 0 amide bonds. The van der Waals surface area contributed by atoms with Gasteiger partial charge in [0.25, 0.3) is 0 Å². The van der Waals surface area contributed by atoms with Crippen LogP contribution in [0.25, 0.3) is 0 Å². The molecule has 2 fully saturated rings. The van der Waals surface area contributed by atoms with Gasteiger partial charge in [0, 0.05) is 26.2 Å². The minimum absolute atomic E-state index is 0.442. The average molecular weight is 283 g/mol. The van der Waals surface area contributed by atoms with Crippen LogP contribution in [0.1, 0.15) is 32.6 Å². The predicted molar refractivity (Wildman–Crippen MR) is 84.2 cm³/mol. The Morgan fingerprint density at radius 3 is 2.70 bits per heavy atom. The highest BCUT2D eigenvalue weighted by molar-refractivity contribution is 4.80. The first-order chi connectivity index (χ1) is 9.67. The quantitative estimate of drug-likeness (QED) is 0.682. The fraction of sp³-hybridized carbons (Fsp3) is 1.00. The summed E-state index contributed by atoms with van der Waals surface area (Å²) in [5, 5.41) is 3.47. The number of hydrogen-bond donors (Lipinski definition) is 1. The van der Waals surface area contributed by atoms with Gasteiger partial charge in [0.05, 0.1) is 12.2 Å². The normalized spacial score (nSPS) is 31.5. The van der Waals surface area contributed by atoms with Crippen molar-refractivity contribution >= 4 is 0 Å². The molecule has 2 rings (SSSR count). The van der Waals surface area contributed by atoms with Crippen LogP contribution in [0, 0.1) is 5.92 Å². The largest absolute Gasteiger partial charge is 0.372 e. The van der Waals surface area contributed by atoms with Crippen LogP contribution in [-0.4, -0.2) is 75.4 Å². The molecule has 1 N–H and O–H groups in total. The molecule has 0 aromatic heterocycles. The number of nitrogens with one attached hydrogen (secondary N) is 1. The minimum atomic E-state index is 0.442. The molecule has 0 aromatic carbocycles. The van der Waals surface area contributed by atoms with Gasteiger partial charge in [-0.3, -0.25) is 0 Å². The zero-order chi connectivity index (χ0) is 14.4. The van der Waals surface area contributed by atoms with Crippen LogP contribution in [0.5, 0.6) is 0 Å². The standard InChI is InChI=1S/C16H33N3O/c1-4-8-17-10-15-5-6-16(20-15)13-19(3)12-14-7-9-18(2)11-14/h14-17H,4-13H2,1-3H3. The Balaban J connectivity index is 1.59. The summed E-state index contributed by atoms with van der Waals surface area (Å²) in [7, 11) is 4.48. The lowest BCUT2D eigenvalue weighted by molar-refractivity contribution is 0.0259. The summed E-state index contributed by atoms with van der Waals surface area (Å²) in [6, 6.07) is 0. The predicted octanol–water partition coefficient (Wildman–Crippen LogP) is 1.42. The van der Waals surface area contributed by atoms with Gasteiger partial charge in [-0.25, -0.2) is 0 Å². The van der Waals surface area contributed by atoms with E-state index < -0.39 is 0 Å². The Kier molecular flexibility index (Phi) is 6.75. The summed E-state index contributed by atoms with van der Waals surface area (Å²) in [6.07, 6.45) is 5.91. The van der Waals surface area contributed by atoms with E-state index in [1.165, 1.54) is 45.3 Å². The fourth-order valence-corrected chi connectivity index (χ4v) is 3.54. The zero-order valence-electron chi connectivity index (χ0n) is 13.6. The lowest BCUT2D eigenvalue weighted by Gasteiger charge is -2.24. The Morgan fingerprint density at radius 1 is 1.20 bits per heavy atom. The molecule has 3 atom stereocenters. The molecule has 4 heteroatoms. The molecule has 0 spiro atoms. The van der Waals surface area contributed by atoms with Gasteiger partial charge in [0.2, 0.25) is 0 Å². The summed E-state index contributed by atoms with van der Waals surface area (Å²) < 4.78 is 6.15. The Hall–Kier alpha value is -0.160. The second kappa shape index (κ2) is 8.32. The molecule has 2 aliphatic heterocycles. The average Bonchev–Trinajstić information content (AvgIpc) is 2.99. The van der Waals surface area contributed by atoms with E-state index in [1.54, 1.807) is 0 Å². The number of nitrogens with zero attached hydrogens (tertiary/aromatic N) is 2. The molecule has 3 unspecified atom stereocenters. The minimum Gasteiger partial charge on any atom is -0.372 e. The second-order valence-corrected chi connectivity index (χ2v) is 6.80. The molecule has 2 saturated heterocycles. The molecule has 118 valence electrons. The maximum atomic E-state index is 6.15. The number of hydrogen-bond acceptors (Lipinski definition) is 4. The monoisotopic (exact) mass is 283 g/mol. The van der Waals surface area contributed by atoms with Crippen molar-refractivity contribution in [2.24, 2.45) is 5.92 Å². The maximum absolute atomic E-state index is 6.15. The second-order valence-electron chi connectivity index (χ2n) is 6.80. The van der Waals surface area contributed by atoms with Crippen LogP contribution in [0.15, 0.2) is 0 Å². The van der Waals surface area contributed by atoms with Crippen molar-refractivity contribution in [2.45, 2.75) is 44.8 Å². The van der Waals surface area contributed by atoms with Gasteiger partial charge in [-0.05, 0) is 58.8 Å². The summed E-state index contributed by atoms with van der Waals surface area (Å²) >= 11 is 0. The number of likely N-dealkylation sites (N-methyl/N-ethyl adjacent to an activating group) is 1. The molecule has 2 heterocycles. The molecule has 0 saturated carbocycles. The van der Waals surface area contributed by atoms with E-state index in [1.807, 2.05) is 0 Å². The van der Waals surface area contributed by atoms with Crippen molar-refractivity contribution in [3.05, 3.63) is 0 Å². The van der Waals surface area contributed by atoms with Crippen LogP contribution in [0.3, 0.4) is 0 Å². The lowest BCUT2D eigenvalue weighted by atomic mass is 10.1. The first-order valence-corrected chi connectivity index (χ1v) is 8.40. The first-order valence-electron chi connectivity index (χ1n) is 8.40. The van der Waals surface area contributed by atoms with Crippen LogP contribution in [-0.2, 0) is 4.74 Å². The number of likely N-dealkylation sites (tertiary alicyclic amines) is 1. The topological polar surface area (TPSA) is 27.7 Å². The van der Waals surface area contributed by atoms with Gasteiger partial charge in [-0.1, -0.05) is 6.92 Å². The summed E-state index contributed by atoms with van der Waals surface area (Å²) in [5.41, 5.74) is 0. The molecule has 0 radical (unpaired) electrons. The highest BCUT2D eigenvalue weighted by atomic mass is 16.5. The molecular weight excluding hydrogens is 250 g/mol. The third-order valence-electron chi connectivity index (χ3n) is 4.57. The van der Waals surface area contributed by atoms with E-state index in [0.29, 0.717) is 12.2 Å². The third kappa shape index (κ3) is 5.32. The van der Waals surface area contributed by atoms with Gasteiger partial charge in [0.15, 0.2) is 0 Å². The first kappa shape index (κ1) is 16.2. The van der Waals surface area contributed by atoms with Gasteiger partial charge >= 0.3 is 0 Å². The van der Waals surface area contributed by atoms with Gasteiger partial charge in [0.1, 0.15) is 0 Å². The molecule has 0 bridgehead atoms. The molecule has 2 aliphatic rings. The smallest absolute Gasteiger partial charge is 0.0707 e. The molecular formula is C16H33N3O. The molecule has 20 heavy (non-hydrogen) atoms. The van der Waals surface area contributed by atoms with E-state index in [9.17, 15) is 0 Å². The van der Waals surface area contributed by atoms with Crippen molar-refractivity contribution in [2.75, 3.05) is 53.4 Å². The van der Waals surface area contributed by atoms with Gasteiger partial charge < -0.3 is 19.9 Å². The van der Waals surface area contributed by atoms with Crippen molar-refractivity contribution in [3.8, 4) is 0 Å². The van der Waals surface area contributed by atoms with E-state index in [4.69, 9.17) is 4.74 Å². The molecule has 4 nitrogen and oxygen atoms in total. The fourth-order valence-electron chi connectivity index (χ4n) is 3.54. The van der Waals surface area contributed by atoms with Crippen molar-refractivity contribution in [3.63, 3.8) is 0 Å². The van der Waals surface area contributed by atoms with Crippen molar-refractivity contribution in [1.82, 2.24) is 15.1 Å². The van der Waals surface area contributed by atoms with Crippen LogP contribution in [0.4, 0.5) is 0 Å². The van der Waals surface area contributed by atoms with E-state index in [-0.39, 0.29) is 0 Å². The number of ether oxygens (including phenoxy) is 1. The van der Waals surface area contributed by atoms with Crippen LogP contribution < -0.4 is 5.32 Å². The summed E-state index contributed by atoms with van der Waals surface area (Å²) in [5.74, 6) is 0.855. The Bertz CT molecular complexity index is 274. The Morgan fingerprint density at radius 2 is 2.00 bits per heavy atom. The van der Waals surface area contributed by atoms with Gasteiger partial charge in [-0.2, -0.15) is 0 Å². The SMILES string of the molecule is CCCNCC1CCC(CN(C)CC2CCN(C)C2)O1. The van der Waals surface area contributed by atoms with Crippen LogP contribution in [0.2, 0.25) is 0 Å². The highest BCUT2D eigenvalue weighted by Crippen LogP contribution is 2.21. The Labute approximate surface area is 124 Å². The zero-order valence-corrected chi connectivity index (χ0v) is 13.6. The summed E-state index contributed by atoms with van der Waals surface area (Å²) in [6.45, 7) is 9.21. The third-order valence-corrected chi connectivity index (χ3v) is 4.57. The van der Waals surface area contributed by atoms with Crippen LogP contribution >= 0.6 is 0 Å². The van der Waals surface area contributed by atoms with Crippen molar-refractivity contribution < 1.29 is 4.74 Å². The molecule has 0 aliphatic carbocycles. The van der Waals surface area contributed by atoms with E-state index >= 15 is 0 Å². The van der Waals surface area contributed by atoms with E-state index in [2.05, 4.69) is 36.1 Å². The summed E-state index contributed by atoms with van der Waals surface area (Å²) in [4.78, 5) is 4.93. The van der Waals surface area contributed by atoms with Gasteiger partial charge in [-0.15, -0.1) is 0 Å².